The molecule has 0 unspecified atom stereocenters. The zero-order valence-electron chi connectivity index (χ0n) is 16.7. The smallest absolute Gasteiger partial charge is 0.450 e. The number of nitrogens with zero attached hydrogens (tertiary/aromatic N) is 2. The van der Waals surface area contributed by atoms with Crippen LogP contribution in [0, 0.1) is 0 Å². The molecule has 0 spiro atoms. The molecule has 2 aromatic heterocycles. The summed E-state index contributed by atoms with van der Waals surface area (Å²) in [5, 5.41) is 14.3. The number of quaternary nitrogens is 1. The van der Waals surface area contributed by atoms with E-state index in [-0.39, 0.29) is 34.4 Å². The first-order valence-corrected chi connectivity index (χ1v) is 9.45. The fourth-order valence-corrected chi connectivity index (χ4v) is 3.46. The Morgan fingerprint density at radius 3 is 2.48 bits per heavy atom. The van der Waals surface area contributed by atoms with Crippen LogP contribution in [0.5, 0.6) is 5.75 Å². The second kappa shape index (κ2) is 7.59. The molecule has 0 saturated heterocycles. The van der Waals surface area contributed by atoms with E-state index in [2.05, 4.69) is 5.10 Å². The van der Waals surface area contributed by atoms with Crippen LogP contribution in [-0.4, -0.2) is 29.0 Å². The van der Waals surface area contributed by atoms with E-state index >= 15 is 0 Å². The Morgan fingerprint density at radius 2 is 1.84 bits per heavy atom. The van der Waals surface area contributed by atoms with Crippen molar-refractivity contribution in [2.24, 2.45) is 0 Å². The number of halogens is 3. The minimum atomic E-state index is -4.93. The summed E-state index contributed by atoms with van der Waals surface area (Å²) in [6.45, 7) is 0.175. The minimum Gasteiger partial charge on any atom is -0.507 e. The summed E-state index contributed by atoms with van der Waals surface area (Å²) in [6.07, 6.45) is -2.37. The van der Waals surface area contributed by atoms with Gasteiger partial charge in [-0.05, 0) is 24.3 Å². The van der Waals surface area contributed by atoms with E-state index in [1.54, 1.807) is 44.4 Å². The van der Waals surface area contributed by atoms with Gasteiger partial charge >= 0.3 is 6.18 Å². The fourth-order valence-electron chi connectivity index (χ4n) is 3.46. The average molecular weight is 430 g/mol. The Morgan fingerprint density at radius 1 is 1.13 bits per heavy atom. The predicted molar refractivity (Wildman–Crippen MR) is 108 cm³/mol. The highest BCUT2D eigenvalue weighted by atomic mass is 19.4. The number of aromatic hydroxyl groups is 1. The lowest BCUT2D eigenvalue weighted by atomic mass is 10.0. The third kappa shape index (κ3) is 3.79. The van der Waals surface area contributed by atoms with Gasteiger partial charge in [-0.3, -0.25) is 4.79 Å². The summed E-state index contributed by atoms with van der Waals surface area (Å²) in [5.74, 6) is -1.65. The summed E-state index contributed by atoms with van der Waals surface area (Å²) >= 11 is 0. The largest absolute Gasteiger partial charge is 0.507 e. The van der Waals surface area contributed by atoms with E-state index in [4.69, 9.17) is 4.42 Å². The van der Waals surface area contributed by atoms with E-state index in [9.17, 15) is 23.1 Å². The van der Waals surface area contributed by atoms with Crippen LogP contribution in [0.2, 0.25) is 0 Å². The van der Waals surface area contributed by atoms with Gasteiger partial charge in [0.25, 0.3) is 0 Å². The molecule has 31 heavy (non-hydrogen) atoms. The lowest BCUT2D eigenvalue weighted by Gasteiger charge is -2.15. The van der Waals surface area contributed by atoms with Gasteiger partial charge in [0.2, 0.25) is 11.2 Å². The van der Waals surface area contributed by atoms with Gasteiger partial charge in [-0.2, -0.15) is 18.3 Å². The van der Waals surface area contributed by atoms with Gasteiger partial charge in [0.1, 0.15) is 12.3 Å². The molecule has 160 valence electrons. The lowest BCUT2D eigenvalue weighted by Crippen LogP contribution is -3.04. The number of hydrogen-bond donors (Lipinski definition) is 2. The molecular formula is C22H19F3N3O3+. The number of phenolic OH excluding ortho intramolecular Hbond substituents is 1. The number of fused-ring (bicyclic) bond motifs is 1. The van der Waals surface area contributed by atoms with Gasteiger partial charge in [0, 0.05) is 11.8 Å². The van der Waals surface area contributed by atoms with E-state index in [1.165, 1.54) is 29.2 Å². The van der Waals surface area contributed by atoms with Crippen molar-refractivity contribution in [3.63, 3.8) is 0 Å². The molecule has 2 N–H and O–H groups in total. The van der Waals surface area contributed by atoms with Crippen molar-refractivity contribution in [1.82, 2.24) is 9.78 Å². The quantitative estimate of drug-likeness (QED) is 0.522. The Kier molecular flexibility index (Phi) is 5.06. The molecule has 0 saturated carbocycles. The zero-order chi connectivity index (χ0) is 22.3. The van der Waals surface area contributed by atoms with Crippen LogP contribution >= 0.6 is 0 Å². The Bertz CT molecular complexity index is 1310. The number of aromatic nitrogens is 2. The van der Waals surface area contributed by atoms with Crippen LogP contribution in [0.15, 0.2) is 64.1 Å². The molecule has 2 aromatic carbocycles. The number of phenols is 1. The normalized spacial score (nSPS) is 12.1. The highest BCUT2D eigenvalue weighted by Crippen LogP contribution is 2.39. The van der Waals surface area contributed by atoms with Crippen LogP contribution in [0.25, 0.3) is 27.8 Å². The number of rotatable bonds is 4. The molecule has 0 bridgehead atoms. The molecule has 6 nitrogen and oxygen atoms in total. The molecule has 0 atom stereocenters. The molecule has 0 aliphatic heterocycles. The van der Waals surface area contributed by atoms with Crippen LogP contribution in [0.3, 0.4) is 0 Å². The first-order valence-electron chi connectivity index (χ1n) is 9.45. The number of alkyl halides is 3. The number of benzene rings is 2. The monoisotopic (exact) mass is 430 g/mol. The summed E-state index contributed by atoms with van der Waals surface area (Å²) < 4.78 is 48.5. The van der Waals surface area contributed by atoms with Crippen LogP contribution in [0.1, 0.15) is 11.3 Å². The first-order chi connectivity index (χ1) is 14.7. The maximum atomic E-state index is 13.9. The second-order valence-electron chi connectivity index (χ2n) is 7.47. The van der Waals surface area contributed by atoms with Crippen molar-refractivity contribution in [3.05, 3.63) is 76.4 Å². The molecule has 4 aromatic rings. The van der Waals surface area contributed by atoms with Gasteiger partial charge in [-0.1, -0.05) is 18.2 Å². The Balaban J connectivity index is 2.00. The van der Waals surface area contributed by atoms with Crippen LogP contribution in [0.4, 0.5) is 13.2 Å². The van der Waals surface area contributed by atoms with Crippen molar-refractivity contribution >= 4 is 11.0 Å². The predicted octanol–water partition coefficient (Wildman–Crippen LogP) is 3.01. The third-order valence-electron chi connectivity index (χ3n) is 4.82. The summed E-state index contributed by atoms with van der Waals surface area (Å²) in [4.78, 5) is 14.0. The first kappa shape index (κ1) is 20.7. The Hall–Kier alpha value is -3.59. The van der Waals surface area contributed by atoms with Gasteiger partial charge < -0.3 is 14.4 Å². The standard InChI is InChI=1S/C22H18F3N3O3/c1-27(2)12-16-17(29)9-8-15-19(30)18(21(22(23,24)25)31-20(15)16)13-10-26-28(11-13)14-6-4-3-5-7-14/h3-11,29H,12H2,1-2H3/p+1. The molecule has 0 fully saturated rings. The van der Waals surface area contributed by atoms with Crippen molar-refractivity contribution in [2.45, 2.75) is 12.7 Å². The van der Waals surface area contributed by atoms with Crippen molar-refractivity contribution in [2.75, 3.05) is 14.1 Å². The van der Waals surface area contributed by atoms with E-state index in [1.807, 2.05) is 0 Å². The number of para-hydroxylation sites is 1. The molecule has 4 rings (SSSR count). The van der Waals surface area contributed by atoms with Crippen molar-refractivity contribution < 1.29 is 27.6 Å². The van der Waals surface area contributed by atoms with Crippen molar-refractivity contribution in [1.29, 1.82) is 0 Å². The summed E-state index contributed by atoms with van der Waals surface area (Å²) in [7, 11) is 3.54. The SMILES string of the molecule is C[NH+](C)Cc1c(O)ccc2c(=O)c(-c3cnn(-c4ccccc4)c3)c(C(F)(F)F)oc12. The number of hydrogen-bond acceptors (Lipinski definition) is 4. The maximum Gasteiger partial charge on any atom is 0.450 e. The molecule has 9 heteroatoms. The Labute approximate surface area is 174 Å². The molecule has 2 heterocycles. The molecule has 0 radical (unpaired) electrons. The van der Waals surface area contributed by atoms with E-state index in [0.717, 1.165) is 4.90 Å². The molecular weight excluding hydrogens is 411 g/mol. The zero-order valence-corrected chi connectivity index (χ0v) is 16.7. The molecule has 0 amide bonds. The van der Waals surface area contributed by atoms with Gasteiger partial charge in [0.05, 0.1) is 42.5 Å². The van der Waals surface area contributed by atoms with Gasteiger partial charge in [-0.25, -0.2) is 4.68 Å². The van der Waals surface area contributed by atoms with Gasteiger partial charge in [0.15, 0.2) is 5.58 Å². The summed E-state index contributed by atoms with van der Waals surface area (Å²) in [6, 6.07) is 11.4. The van der Waals surface area contributed by atoms with E-state index < -0.39 is 22.9 Å². The molecule has 0 aliphatic rings. The second-order valence-corrected chi connectivity index (χ2v) is 7.47. The number of nitrogens with one attached hydrogen (secondary N) is 1. The van der Waals surface area contributed by atoms with Crippen LogP contribution in [-0.2, 0) is 12.7 Å². The average Bonchev–Trinajstić information content (AvgIpc) is 3.19. The van der Waals surface area contributed by atoms with E-state index in [0.29, 0.717) is 5.69 Å². The fraction of sp³-hybridized carbons (Fsp3) is 0.182. The van der Waals surface area contributed by atoms with Gasteiger partial charge in [-0.15, -0.1) is 0 Å². The topological polar surface area (TPSA) is 72.7 Å². The lowest BCUT2D eigenvalue weighted by molar-refractivity contribution is -0.872. The maximum absolute atomic E-state index is 13.9. The third-order valence-corrected chi connectivity index (χ3v) is 4.82. The summed E-state index contributed by atoms with van der Waals surface area (Å²) in [5.41, 5.74) is -0.954. The highest BCUT2D eigenvalue weighted by molar-refractivity contribution is 5.86. The van der Waals surface area contributed by atoms with Crippen LogP contribution < -0.4 is 10.3 Å². The van der Waals surface area contributed by atoms with Crippen molar-refractivity contribution in [3.8, 4) is 22.6 Å². The minimum absolute atomic E-state index is 0.0142. The molecule has 0 aliphatic carbocycles. The highest BCUT2D eigenvalue weighted by Gasteiger charge is 2.40.